The number of rotatable bonds is 3. The number of methoxy groups -OCH3 is 1. The van der Waals surface area contributed by atoms with Crippen LogP contribution in [0.3, 0.4) is 0 Å². The van der Waals surface area contributed by atoms with E-state index in [2.05, 4.69) is 23.7 Å². The van der Waals surface area contributed by atoms with Gasteiger partial charge in [0.2, 0.25) is 0 Å². The minimum Gasteiger partial charge on any atom is -0.380 e. The molecular weight excluding hydrogens is 230 g/mol. The van der Waals surface area contributed by atoms with Crippen molar-refractivity contribution in [2.24, 2.45) is 0 Å². The van der Waals surface area contributed by atoms with Gasteiger partial charge in [0.15, 0.2) is 0 Å². The molecule has 0 saturated heterocycles. The minimum absolute atomic E-state index is 0.578. The van der Waals surface area contributed by atoms with E-state index >= 15 is 0 Å². The molecule has 2 aromatic rings. The molecule has 1 heterocycles. The summed E-state index contributed by atoms with van der Waals surface area (Å²) in [4.78, 5) is 4.37. The Morgan fingerprint density at radius 2 is 2.06 bits per heavy atom. The Balaban J connectivity index is 2.68. The molecule has 0 atom stereocenters. The van der Waals surface area contributed by atoms with E-state index in [4.69, 9.17) is 4.74 Å². The summed E-state index contributed by atoms with van der Waals surface area (Å²) in [7, 11) is 1.71. The second-order valence-electron chi connectivity index (χ2n) is 3.79. The number of benzene rings is 1. The summed E-state index contributed by atoms with van der Waals surface area (Å²) >= 11 is 1.67. The Kier molecular flexibility index (Phi) is 3.71. The average molecular weight is 245 g/mol. The number of hydrogen-bond acceptors (Lipinski definition) is 3. The predicted octanol–water partition coefficient (Wildman–Crippen LogP) is 1.71. The molecule has 0 spiro atoms. The van der Waals surface area contributed by atoms with Crippen LogP contribution in [0, 0.1) is 6.92 Å². The lowest BCUT2D eigenvalue weighted by Crippen LogP contribution is -2.23. The van der Waals surface area contributed by atoms with E-state index in [0.717, 1.165) is 20.5 Å². The molecule has 0 aliphatic rings. The number of aromatic nitrogens is 1. The largest absolute Gasteiger partial charge is 0.380 e. The fourth-order valence-electron chi connectivity index (χ4n) is 1.77. The first-order valence-corrected chi connectivity index (χ1v) is 6.24. The van der Waals surface area contributed by atoms with Crippen LogP contribution in [0.15, 0.2) is 30.3 Å². The van der Waals surface area contributed by atoms with E-state index in [9.17, 15) is 0 Å². The zero-order valence-corrected chi connectivity index (χ0v) is 10.9. The van der Waals surface area contributed by atoms with Crippen molar-refractivity contribution in [1.82, 2.24) is 4.98 Å². The van der Waals surface area contributed by atoms with Crippen LogP contribution in [-0.2, 0) is 4.74 Å². The quantitative estimate of drug-likeness (QED) is 0.821. The zero-order valence-electron chi connectivity index (χ0n) is 10.1. The van der Waals surface area contributed by atoms with E-state index in [1.165, 1.54) is 5.56 Å². The lowest BCUT2D eigenvalue weighted by molar-refractivity contribution is 0.239. The van der Waals surface area contributed by atoms with Crippen LogP contribution >= 0.6 is 11.3 Å². The van der Waals surface area contributed by atoms with E-state index in [-0.39, 0.29) is 0 Å². The summed E-state index contributed by atoms with van der Waals surface area (Å²) in [5.74, 6) is 0. The maximum Gasteiger partial charge on any atom is 0.0907 e. The molecule has 3 heteroatoms. The molecule has 1 aromatic heterocycles. The van der Waals surface area contributed by atoms with Crippen LogP contribution in [0.5, 0.6) is 0 Å². The van der Waals surface area contributed by atoms with Crippen molar-refractivity contribution in [3.63, 3.8) is 0 Å². The van der Waals surface area contributed by atoms with Crippen molar-refractivity contribution in [3.05, 3.63) is 50.8 Å². The van der Waals surface area contributed by atoms with Crippen LogP contribution in [0.2, 0.25) is 0 Å². The highest BCUT2D eigenvalue weighted by Crippen LogP contribution is 2.11. The molecule has 0 aliphatic carbocycles. The van der Waals surface area contributed by atoms with Gasteiger partial charge in [0.25, 0.3) is 0 Å². The third kappa shape index (κ3) is 2.62. The molecule has 17 heavy (non-hydrogen) atoms. The van der Waals surface area contributed by atoms with Gasteiger partial charge in [0, 0.05) is 12.7 Å². The lowest BCUT2D eigenvalue weighted by atomic mass is 10.1. The van der Waals surface area contributed by atoms with Gasteiger partial charge in [-0.1, -0.05) is 36.9 Å². The van der Waals surface area contributed by atoms with Gasteiger partial charge in [-0.05, 0) is 12.5 Å². The Labute approximate surface area is 105 Å². The van der Waals surface area contributed by atoms with Gasteiger partial charge < -0.3 is 4.74 Å². The summed E-state index contributed by atoms with van der Waals surface area (Å²) in [5, 5.41) is 1.87. The lowest BCUT2D eigenvalue weighted by Gasteiger charge is -2.05. The predicted molar refractivity (Wildman–Crippen MR) is 72.5 cm³/mol. The topological polar surface area (TPSA) is 22.1 Å². The van der Waals surface area contributed by atoms with Gasteiger partial charge in [-0.3, -0.25) is 0 Å². The highest BCUT2D eigenvalue weighted by molar-refractivity contribution is 7.09. The SMILES string of the molecule is C=c1nc(C)s/c1=C(/COC)c1ccccc1. The second-order valence-corrected chi connectivity index (χ2v) is 4.99. The Bertz CT molecular complexity index is 601. The molecule has 0 bridgehead atoms. The summed E-state index contributed by atoms with van der Waals surface area (Å²) < 4.78 is 6.41. The molecular formula is C14H15NOS. The summed E-state index contributed by atoms with van der Waals surface area (Å²) in [6.45, 7) is 6.57. The fraction of sp³-hybridized carbons (Fsp3) is 0.214. The highest BCUT2D eigenvalue weighted by Gasteiger charge is 2.05. The van der Waals surface area contributed by atoms with Gasteiger partial charge in [-0.15, -0.1) is 11.3 Å². The third-order valence-corrected chi connectivity index (χ3v) is 3.56. The number of ether oxygens (including phenoxy) is 1. The fourth-order valence-corrected chi connectivity index (χ4v) is 2.68. The summed E-state index contributed by atoms with van der Waals surface area (Å²) in [6, 6.07) is 10.2. The zero-order chi connectivity index (χ0) is 12.3. The van der Waals surface area contributed by atoms with Crippen LogP contribution < -0.4 is 9.88 Å². The van der Waals surface area contributed by atoms with Crippen LogP contribution in [0.25, 0.3) is 12.2 Å². The number of aryl methyl sites for hydroxylation is 1. The number of hydrogen-bond donors (Lipinski definition) is 0. The number of thiazole rings is 1. The van der Waals surface area contributed by atoms with E-state index < -0.39 is 0 Å². The van der Waals surface area contributed by atoms with Crippen molar-refractivity contribution >= 4 is 23.5 Å². The second kappa shape index (κ2) is 5.25. The molecule has 0 amide bonds. The Morgan fingerprint density at radius 1 is 1.35 bits per heavy atom. The van der Waals surface area contributed by atoms with Crippen LogP contribution in [0.1, 0.15) is 10.6 Å². The Morgan fingerprint density at radius 3 is 2.59 bits per heavy atom. The molecule has 0 fully saturated rings. The monoisotopic (exact) mass is 245 g/mol. The molecule has 0 N–H and O–H groups in total. The molecule has 0 saturated carbocycles. The smallest absolute Gasteiger partial charge is 0.0907 e. The van der Waals surface area contributed by atoms with Crippen molar-refractivity contribution < 1.29 is 4.74 Å². The average Bonchev–Trinajstić information content (AvgIpc) is 2.66. The molecule has 2 nitrogen and oxygen atoms in total. The van der Waals surface area contributed by atoms with Crippen LogP contribution in [-0.4, -0.2) is 18.7 Å². The third-order valence-electron chi connectivity index (χ3n) is 2.49. The van der Waals surface area contributed by atoms with Crippen molar-refractivity contribution in [2.75, 3.05) is 13.7 Å². The molecule has 88 valence electrons. The molecule has 0 aliphatic heterocycles. The van der Waals surface area contributed by atoms with E-state index in [1.54, 1.807) is 18.4 Å². The first kappa shape index (κ1) is 12.0. The van der Waals surface area contributed by atoms with Gasteiger partial charge in [0.05, 0.1) is 21.5 Å². The molecule has 2 rings (SSSR count). The van der Waals surface area contributed by atoms with Gasteiger partial charge in [0.1, 0.15) is 0 Å². The minimum atomic E-state index is 0.578. The first-order chi connectivity index (χ1) is 8.22. The van der Waals surface area contributed by atoms with Gasteiger partial charge in [-0.2, -0.15) is 0 Å². The maximum absolute atomic E-state index is 5.29. The molecule has 1 aromatic carbocycles. The molecule has 0 radical (unpaired) electrons. The van der Waals surface area contributed by atoms with Gasteiger partial charge in [-0.25, -0.2) is 4.98 Å². The van der Waals surface area contributed by atoms with E-state index in [1.807, 2.05) is 25.1 Å². The molecule has 0 unspecified atom stereocenters. The maximum atomic E-state index is 5.29. The first-order valence-electron chi connectivity index (χ1n) is 5.42. The van der Waals surface area contributed by atoms with Crippen molar-refractivity contribution in [1.29, 1.82) is 0 Å². The van der Waals surface area contributed by atoms with Crippen LogP contribution in [0.4, 0.5) is 0 Å². The number of nitrogens with zero attached hydrogens (tertiary/aromatic N) is 1. The highest BCUT2D eigenvalue weighted by atomic mass is 32.1. The summed E-state index contributed by atoms with van der Waals surface area (Å²) in [6.07, 6.45) is 0. The van der Waals surface area contributed by atoms with Gasteiger partial charge >= 0.3 is 0 Å². The van der Waals surface area contributed by atoms with E-state index in [0.29, 0.717) is 6.61 Å². The standard InChI is InChI=1S/C14H15NOS/c1-10-14(17-11(2)15-10)13(9-16-3)12-7-5-4-6-8-12/h4-8H,1,9H2,2-3H3/b14-13-. The van der Waals surface area contributed by atoms with Crippen molar-refractivity contribution in [2.45, 2.75) is 6.92 Å². The summed E-state index contributed by atoms with van der Waals surface area (Å²) in [5.41, 5.74) is 2.33. The van der Waals surface area contributed by atoms with Crippen molar-refractivity contribution in [3.8, 4) is 0 Å². The normalized spacial score (nSPS) is 12.6. The Hall–Kier alpha value is -1.45.